The first-order valence-electron chi connectivity index (χ1n) is 14.6. The number of ketones is 1. The van der Waals surface area contributed by atoms with Crippen molar-refractivity contribution >= 4 is 45.7 Å². The van der Waals surface area contributed by atoms with Gasteiger partial charge < -0.3 is 14.6 Å². The van der Waals surface area contributed by atoms with E-state index in [1.165, 1.54) is 33.6 Å². The maximum atomic E-state index is 13.6. The Morgan fingerprint density at radius 3 is 2.28 bits per heavy atom. The van der Waals surface area contributed by atoms with Crippen LogP contribution in [0.1, 0.15) is 39.4 Å². The van der Waals surface area contributed by atoms with Crippen molar-refractivity contribution in [2.24, 2.45) is 0 Å². The van der Waals surface area contributed by atoms with E-state index in [-0.39, 0.29) is 16.5 Å². The molecule has 4 aromatic carbocycles. The number of ether oxygens (including phenoxy) is 2. The molecule has 1 atom stereocenters. The Morgan fingerprint density at radius 1 is 0.891 bits per heavy atom. The maximum Gasteiger partial charge on any atom is 0.301 e. The first-order chi connectivity index (χ1) is 22.3. The SMILES string of the molecule is COc1ccc(C2C(=C(O)c3ccc(OCc4ccccc4C)cc3)C(=O)C(=O)N2c2nnc(SCc3ccc(C)cc3)s2)cc1. The molecule has 8 nitrogen and oxygen atoms in total. The molecular weight excluding hydrogens is 619 g/mol. The lowest BCUT2D eigenvalue weighted by Gasteiger charge is -2.22. The van der Waals surface area contributed by atoms with Crippen molar-refractivity contribution in [2.45, 2.75) is 36.6 Å². The number of hydrogen-bond acceptors (Lipinski definition) is 9. The zero-order valence-electron chi connectivity index (χ0n) is 25.5. The van der Waals surface area contributed by atoms with E-state index in [0.29, 0.717) is 39.3 Å². The normalized spacial score (nSPS) is 15.7. The second-order valence-electron chi connectivity index (χ2n) is 10.8. The van der Waals surface area contributed by atoms with E-state index in [2.05, 4.69) is 34.5 Å². The van der Waals surface area contributed by atoms with Crippen LogP contribution in [-0.4, -0.2) is 34.1 Å². The molecule has 0 radical (unpaired) electrons. The summed E-state index contributed by atoms with van der Waals surface area (Å²) in [6.07, 6.45) is 0. The van der Waals surface area contributed by atoms with Gasteiger partial charge >= 0.3 is 5.91 Å². The molecule has 0 saturated carbocycles. The molecule has 6 rings (SSSR count). The number of aromatic nitrogens is 2. The Labute approximate surface area is 275 Å². The number of Topliss-reactive ketones (excluding diaryl/α,β-unsaturated/α-hetero) is 1. The molecule has 2 heterocycles. The zero-order chi connectivity index (χ0) is 32.2. The minimum Gasteiger partial charge on any atom is -0.507 e. The number of carbonyl (C=O) groups excluding carboxylic acids is 2. The van der Waals surface area contributed by atoms with Gasteiger partial charge in [0.2, 0.25) is 5.13 Å². The van der Waals surface area contributed by atoms with E-state index in [9.17, 15) is 14.7 Å². The predicted octanol–water partition coefficient (Wildman–Crippen LogP) is 7.66. The summed E-state index contributed by atoms with van der Waals surface area (Å²) in [7, 11) is 1.56. The third-order valence-corrected chi connectivity index (χ3v) is 9.87. The highest BCUT2D eigenvalue weighted by Crippen LogP contribution is 2.44. The van der Waals surface area contributed by atoms with Crippen molar-refractivity contribution in [3.8, 4) is 11.5 Å². The molecular formula is C36H31N3O5S2. The molecule has 1 amide bonds. The summed E-state index contributed by atoms with van der Waals surface area (Å²) in [5.74, 6) is 0.0316. The first-order valence-corrected chi connectivity index (χ1v) is 16.4. The Hall–Kier alpha value is -4.93. The molecule has 1 unspecified atom stereocenters. The van der Waals surface area contributed by atoms with E-state index in [4.69, 9.17) is 9.47 Å². The van der Waals surface area contributed by atoms with Crippen molar-refractivity contribution in [3.63, 3.8) is 0 Å². The number of aliphatic hydroxyl groups excluding tert-OH is 1. The Bertz CT molecular complexity index is 1900. The van der Waals surface area contributed by atoms with Crippen molar-refractivity contribution < 1.29 is 24.2 Å². The molecule has 10 heteroatoms. The molecule has 46 heavy (non-hydrogen) atoms. The molecule has 1 N–H and O–H groups in total. The second-order valence-corrected chi connectivity index (χ2v) is 13.0. The van der Waals surface area contributed by atoms with Gasteiger partial charge in [0.15, 0.2) is 4.34 Å². The van der Waals surface area contributed by atoms with Crippen LogP contribution in [0.2, 0.25) is 0 Å². The average molecular weight is 650 g/mol. The number of nitrogens with zero attached hydrogens (tertiary/aromatic N) is 3. The second kappa shape index (κ2) is 13.6. The molecule has 1 saturated heterocycles. The molecule has 0 spiro atoms. The van der Waals surface area contributed by atoms with Crippen molar-refractivity contribution in [1.29, 1.82) is 0 Å². The average Bonchev–Trinajstić information content (AvgIpc) is 3.65. The van der Waals surface area contributed by atoms with Gasteiger partial charge in [-0.05, 0) is 72.5 Å². The van der Waals surface area contributed by atoms with Crippen LogP contribution in [0.3, 0.4) is 0 Å². The molecule has 0 aliphatic carbocycles. The molecule has 1 aliphatic rings. The molecule has 232 valence electrons. The number of amides is 1. The van der Waals surface area contributed by atoms with Crippen molar-refractivity contribution in [1.82, 2.24) is 10.2 Å². The number of methoxy groups -OCH3 is 1. The third kappa shape index (κ3) is 6.54. The highest BCUT2D eigenvalue weighted by Gasteiger charge is 2.48. The number of aryl methyl sites for hydroxylation is 2. The molecule has 1 aliphatic heterocycles. The Balaban J connectivity index is 1.30. The fourth-order valence-corrected chi connectivity index (χ4v) is 6.94. The number of carbonyl (C=O) groups is 2. The third-order valence-electron chi connectivity index (χ3n) is 7.74. The van der Waals surface area contributed by atoms with Gasteiger partial charge in [0.25, 0.3) is 5.78 Å². The van der Waals surface area contributed by atoms with Crippen LogP contribution in [0.15, 0.2) is 107 Å². The number of thioether (sulfide) groups is 1. The quantitative estimate of drug-likeness (QED) is 0.0541. The minimum absolute atomic E-state index is 0.0344. The van der Waals surface area contributed by atoms with Crippen LogP contribution in [0, 0.1) is 13.8 Å². The van der Waals surface area contributed by atoms with Crippen LogP contribution in [0.4, 0.5) is 5.13 Å². The minimum atomic E-state index is -0.925. The summed E-state index contributed by atoms with van der Waals surface area (Å²) in [6.45, 7) is 4.47. The number of hydrogen-bond donors (Lipinski definition) is 1. The monoisotopic (exact) mass is 649 g/mol. The molecule has 1 aromatic heterocycles. The largest absolute Gasteiger partial charge is 0.507 e. The van der Waals surface area contributed by atoms with E-state index in [1.54, 1.807) is 55.6 Å². The van der Waals surface area contributed by atoms with Crippen molar-refractivity contribution in [3.05, 3.63) is 136 Å². The van der Waals surface area contributed by atoms with Crippen LogP contribution in [0.25, 0.3) is 5.76 Å². The van der Waals surface area contributed by atoms with E-state index in [1.807, 2.05) is 38.1 Å². The number of anilines is 1. The smallest absolute Gasteiger partial charge is 0.301 e. The lowest BCUT2D eigenvalue weighted by molar-refractivity contribution is -0.132. The Morgan fingerprint density at radius 2 is 1.59 bits per heavy atom. The topological polar surface area (TPSA) is 102 Å². The number of benzene rings is 4. The Kier molecular flexibility index (Phi) is 9.18. The fraction of sp³-hybridized carbons (Fsp3) is 0.167. The summed E-state index contributed by atoms with van der Waals surface area (Å²) < 4.78 is 11.9. The van der Waals surface area contributed by atoms with Crippen LogP contribution < -0.4 is 14.4 Å². The lowest BCUT2D eigenvalue weighted by Crippen LogP contribution is -2.29. The van der Waals surface area contributed by atoms with Crippen LogP contribution in [0.5, 0.6) is 11.5 Å². The first kappa shape index (κ1) is 31.1. The summed E-state index contributed by atoms with van der Waals surface area (Å²) in [5, 5.41) is 20.4. The van der Waals surface area contributed by atoms with Crippen LogP contribution >= 0.6 is 23.1 Å². The summed E-state index contributed by atoms with van der Waals surface area (Å²) in [6, 6.07) is 29.2. The highest BCUT2D eigenvalue weighted by molar-refractivity contribution is 8.00. The summed E-state index contributed by atoms with van der Waals surface area (Å²) in [4.78, 5) is 28.5. The van der Waals surface area contributed by atoms with Gasteiger partial charge in [-0.3, -0.25) is 14.5 Å². The van der Waals surface area contributed by atoms with Gasteiger partial charge in [0.1, 0.15) is 23.9 Å². The molecule has 1 fully saturated rings. The standard InChI is InChI=1S/C36H31N3O5S2/c1-22-8-10-24(11-9-22)21-45-36-38-37-35(46-36)39-31(25-12-16-28(43-3)17-13-25)30(33(41)34(39)42)32(40)26-14-18-29(19-15-26)44-20-27-7-5-4-6-23(27)2/h4-19,31,40H,20-21H2,1-3H3. The van der Waals surface area contributed by atoms with Gasteiger partial charge in [-0.2, -0.15) is 0 Å². The van der Waals surface area contributed by atoms with Gasteiger partial charge in [-0.25, -0.2) is 0 Å². The fourth-order valence-electron chi connectivity index (χ4n) is 5.12. The van der Waals surface area contributed by atoms with E-state index in [0.717, 1.165) is 16.7 Å². The van der Waals surface area contributed by atoms with Gasteiger partial charge in [-0.1, -0.05) is 89.3 Å². The van der Waals surface area contributed by atoms with Crippen LogP contribution in [-0.2, 0) is 21.9 Å². The van der Waals surface area contributed by atoms with E-state index < -0.39 is 17.7 Å². The lowest BCUT2D eigenvalue weighted by atomic mass is 9.95. The van der Waals surface area contributed by atoms with E-state index >= 15 is 0 Å². The van der Waals surface area contributed by atoms with Gasteiger partial charge in [-0.15, -0.1) is 10.2 Å². The predicted molar refractivity (Wildman–Crippen MR) is 180 cm³/mol. The summed E-state index contributed by atoms with van der Waals surface area (Å²) >= 11 is 2.73. The van der Waals surface area contributed by atoms with Gasteiger partial charge in [0.05, 0.1) is 18.7 Å². The van der Waals surface area contributed by atoms with Gasteiger partial charge in [0, 0.05) is 11.3 Å². The zero-order valence-corrected chi connectivity index (χ0v) is 27.1. The molecule has 5 aromatic rings. The number of rotatable bonds is 10. The van der Waals surface area contributed by atoms with Crippen molar-refractivity contribution in [2.75, 3.05) is 12.0 Å². The molecule has 0 bridgehead atoms. The number of aliphatic hydroxyl groups is 1. The maximum absolute atomic E-state index is 13.6. The highest BCUT2D eigenvalue weighted by atomic mass is 32.2. The summed E-state index contributed by atoms with van der Waals surface area (Å²) in [5.41, 5.74) is 5.48.